The fourth-order valence-corrected chi connectivity index (χ4v) is 2.15. The zero-order valence-electron chi connectivity index (χ0n) is 8.70. The highest BCUT2D eigenvalue weighted by atomic mass is 35.5. The van der Waals surface area contributed by atoms with E-state index in [1.165, 1.54) is 30.4 Å². The Balaban J connectivity index is 0.00000112. The van der Waals surface area contributed by atoms with Crippen LogP contribution in [0.25, 0.3) is 0 Å². The Morgan fingerprint density at radius 2 is 2.20 bits per heavy atom. The maximum Gasteiger partial charge on any atom is 0.0578 e. The standard InChI is InChI=1S/C13H15N.ClH/c1-2-10-14-13-9-5-7-11-6-3-4-8-12(11)13;/h1,3-4,6,8,13-14H,5,7,9-10H2;1H. The molecule has 1 aliphatic rings. The number of terminal acetylenes is 1. The Labute approximate surface area is 97.7 Å². The van der Waals surface area contributed by atoms with E-state index in [1.807, 2.05) is 0 Å². The molecule has 0 spiro atoms. The molecule has 1 nitrogen and oxygen atoms in total. The van der Waals surface area contributed by atoms with E-state index in [-0.39, 0.29) is 12.4 Å². The molecule has 0 bridgehead atoms. The molecule has 0 fully saturated rings. The van der Waals surface area contributed by atoms with Crippen LogP contribution in [0, 0.1) is 12.3 Å². The molecule has 0 aromatic heterocycles. The molecule has 0 radical (unpaired) electrons. The molecule has 0 aliphatic heterocycles. The van der Waals surface area contributed by atoms with Gasteiger partial charge in [0, 0.05) is 6.04 Å². The minimum absolute atomic E-state index is 0. The molecule has 0 amide bonds. The van der Waals surface area contributed by atoms with Crippen LogP contribution in [0.1, 0.15) is 30.0 Å². The third-order valence-electron chi connectivity index (χ3n) is 2.82. The normalized spacial score (nSPS) is 18.5. The first-order valence-electron chi connectivity index (χ1n) is 5.16. The van der Waals surface area contributed by atoms with Crippen LogP contribution >= 0.6 is 12.4 Å². The first-order chi connectivity index (χ1) is 6.92. The van der Waals surface area contributed by atoms with E-state index >= 15 is 0 Å². The molecular weight excluding hydrogens is 206 g/mol. The highest BCUT2D eigenvalue weighted by Crippen LogP contribution is 2.28. The molecule has 0 saturated heterocycles. The molecule has 0 saturated carbocycles. The number of hydrogen-bond acceptors (Lipinski definition) is 1. The van der Waals surface area contributed by atoms with Crippen molar-refractivity contribution in [1.29, 1.82) is 0 Å². The average Bonchev–Trinajstić information content (AvgIpc) is 2.26. The van der Waals surface area contributed by atoms with Gasteiger partial charge in [-0.3, -0.25) is 5.32 Å². The Kier molecular flexibility index (Phi) is 4.68. The second-order valence-electron chi connectivity index (χ2n) is 3.73. The van der Waals surface area contributed by atoms with Gasteiger partial charge in [0.25, 0.3) is 0 Å². The predicted molar refractivity (Wildman–Crippen MR) is 66.2 cm³/mol. The zero-order valence-corrected chi connectivity index (χ0v) is 9.52. The van der Waals surface area contributed by atoms with E-state index in [4.69, 9.17) is 6.42 Å². The quantitative estimate of drug-likeness (QED) is 0.758. The van der Waals surface area contributed by atoms with Gasteiger partial charge >= 0.3 is 0 Å². The molecule has 1 N–H and O–H groups in total. The van der Waals surface area contributed by atoms with E-state index in [0.717, 1.165) is 0 Å². The molecule has 1 aromatic rings. The van der Waals surface area contributed by atoms with Crippen LogP contribution in [-0.2, 0) is 6.42 Å². The summed E-state index contributed by atoms with van der Waals surface area (Å²) in [5.41, 5.74) is 2.92. The monoisotopic (exact) mass is 221 g/mol. The highest BCUT2D eigenvalue weighted by molar-refractivity contribution is 5.85. The van der Waals surface area contributed by atoms with Crippen LogP contribution in [0.15, 0.2) is 24.3 Å². The van der Waals surface area contributed by atoms with Crippen molar-refractivity contribution >= 4 is 12.4 Å². The van der Waals surface area contributed by atoms with Gasteiger partial charge in [-0.2, -0.15) is 0 Å². The first kappa shape index (κ1) is 12.1. The van der Waals surface area contributed by atoms with Gasteiger partial charge in [-0.1, -0.05) is 30.2 Å². The lowest BCUT2D eigenvalue weighted by Gasteiger charge is -2.25. The zero-order chi connectivity index (χ0) is 9.80. The summed E-state index contributed by atoms with van der Waals surface area (Å²) in [6, 6.07) is 9.12. The number of rotatable bonds is 2. The molecule has 2 heteroatoms. The number of halogens is 1. The van der Waals surface area contributed by atoms with Gasteiger partial charge in [0.1, 0.15) is 0 Å². The Hall–Kier alpha value is -0.970. The maximum absolute atomic E-state index is 5.25. The Morgan fingerprint density at radius 3 is 3.00 bits per heavy atom. The van der Waals surface area contributed by atoms with Gasteiger partial charge in [-0.25, -0.2) is 0 Å². The summed E-state index contributed by atoms with van der Waals surface area (Å²) in [4.78, 5) is 0. The molecule has 1 unspecified atom stereocenters. The Bertz CT molecular complexity index is 354. The van der Waals surface area contributed by atoms with Crippen LogP contribution in [0.2, 0.25) is 0 Å². The van der Waals surface area contributed by atoms with Crippen molar-refractivity contribution < 1.29 is 0 Å². The molecule has 0 heterocycles. The third-order valence-corrected chi connectivity index (χ3v) is 2.82. The van der Waals surface area contributed by atoms with Crippen LogP contribution in [0.4, 0.5) is 0 Å². The predicted octanol–water partition coefficient (Wildman–Crippen LogP) is 2.71. The average molecular weight is 222 g/mol. The van der Waals surface area contributed by atoms with E-state index in [0.29, 0.717) is 12.6 Å². The molecule has 1 atom stereocenters. The number of benzene rings is 1. The number of nitrogens with one attached hydrogen (secondary N) is 1. The van der Waals surface area contributed by atoms with Crippen molar-refractivity contribution in [3.05, 3.63) is 35.4 Å². The minimum atomic E-state index is 0. The summed E-state index contributed by atoms with van der Waals surface area (Å²) >= 11 is 0. The maximum atomic E-state index is 5.25. The lowest BCUT2D eigenvalue weighted by Crippen LogP contribution is -2.25. The van der Waals surface area contributed by atoms with Gasteiger partial charge in [0.15, 0.2) is 0 Å². The first-order valence-corrected chi connectivity index (χ1v) is 5.16. The molecule has 15 heavy (non-hydrogen) atoms. The smallest absolute Gasteiger partial charge is 0.0578 e. The van der Waals surface area contributed by atoms with Crippen molar-refractivity contribution in [2.24, 2.45) is 0 Å². The number of hydrogen-bond donors (Lipinski definition) is 1. The van der Waals surface area contributed by atoms with Crippen LogP contribution in [0.3, 0.4) is 0 Å². The summed E-state index contributed by atoms with van der Waals surface area (Å²) in [6.45, 7) is 0.666. The summed E-state index contributed by atoms with van der Waals surface area (Å²) in [5, 5.41) is 3.39. The van der Waals surface area contributed by atoms with Gasteiger partial charge in [-0.05, 0) is 30.4 Å². The topological polar surface area (TPSA) is 12.0 Å². The van der Waals surface area contributed by atoms with Gasteiger partial charge < -0.3 is 0 Å². The second kappa shape index (κ2) is 5.80. The summed E-state index contributed by atoms with van der Waals surface area (Å²) in [6.07, 6.45) is 8.94. The third kappa shape index (κ3) is 2.75. The fraction of sp³-hybridized carbons (Fsp3) is 0.385. The Morgan fingerprint density at radius 1 is 1.40 bits per heavy atom. The highest BCUT2D eigenvalue weighted by Gasteiger charge is 2.18. The SMILES string of the molecule is C#CCNC1CCCc2ccccc21.Cl. The number of aryl methyl sites for hydroxylation is 1. The molecule has 2 rings (SSSR count). The summed E-state index contributed by atoms with van der Waals surface area (Å²) in [7, 11) is 0. The number of fused-ring (bicyclic) bond motifs is 1. The van der Waals surface area contributed by atoms with Crippen molar-refractivity contribution in [3.63, 3.8) is 0 Å². The van der Waals surface area contributed by atoms with Crippen molar-refractivity contribution in [2.75, 3.05) is 6.54 Å². The van der Waals surface area contributed by atoms with E-state index in [1.54, 1.807) is 0 Å². The van der Waals surface area contributed by atoms with Crippen molar-refractivity contribution in [1.82, 2.24) is 5.32 Å². The van der Waals surface area contributed by atoms with Crippen LogP contribution in [0.5, 0.6) is 0 Å². The lowest BCUT2D eigenvalue weighted by molar-refractivity contribution is 0.483. The molecule has 1 aromatic carbocycles. The van der Waals surface area contributed by atoms with E-state index in [9.17, 15) is 0 Å². The van der Waals surface area contributed by atoms with Gasteiger partial charge in [0.2, 0.25) is 0 Å². The summed E-state index contributed by atoms with van der Waals surface area (Å²) < 4.78 is 0. The molecule has 1 aliphatic carbocycles. The van der Waals surface area contributed by atoms with Crippen LogP contribution in [-0.4, -0.2) is 6.54 Å². The van der Waals surface area contributed by atoms with Crippen LogP contribution < -0.4 is 5.32 Å². The lowest BCUT2D eigenvalue weighted by atomic mass is 9.88. The van der Waals surface area contributed by atoms with Gasteiger partial charge in [-0.15, -0.1) is 18.8 Å². The van der Waals surface area contributed by atoms with Crippen molar-refractivity contribution in [2.45, 2.75) is 25.3 Å². The second-order valence-corrected chi connectivity index (χ2v) is 3.73. The minimum Gasteiger partial charge on any atom is -0.299 e. The summed E-state index contributed by atoms with van der Waals surface area (Å²) in [5.74, 6) is 2.63. The van der Waals surface area contributed by atoms with Crippen molar-refractivity contribution in [3.8, 4) is 12.3 Å². The largest absolute Gasteiger partial charge is 0.299 e. The molecular formula is C13H16ClN. The van der Waals surface area contributed by atoms with Gasteiger partial charge in [0.05, 0.1) is 6.54 Å². The van der Waals surface area contributed by atoms with E-state index < -0.39 is 0 Å². The molecule has 80 valence electrons. The van der Waals surface area contributed by atoms with E-state index in [2.05, 4.69) is 35.5 Å². The fourth-order valence-electron chi connectivity index (χ4n) is 2.15.